The molecule has 1 amide bonds. The highest BCUT2D eigenvalue weighted by atomic mass is 16.1. The first-order valence-electron chi connectivity index (χ1n) is 7.33. The van der Waals surface area contributed by atoms with Crippen LogP contribution in [0.1, 0.15) is 16.2 Å². The van der Waals surface area contributed by atoms with Gasteiger partial charge in [-0.2, -0.15) is 10.5 Å². The van der Waals surface area contributed by atoms with Crippen molar-refractivity contribution in [1.82, 2.24) is 20.6 Å². The SMILES string of the molecule is N#CC(=CNc1cccc(NC(=O)c2ccccc2)c1)c1nn[nH]n1. The topological polar surface area (TPSA) is 119 Å². The highest BCUT2D eigenvalue weighted by Gasteiger charge is 2.07. The summed E-state index contributed by atoms with van der Waals surface area (Å²) in [6.07, 6.45) is 1.48. The zero-order valence-corrected chi connectivity index (χ0v) is 13.0. The third-order valence-corrected chi connectivity index (χ3v) is 3.25. The maximum Gasteiger partial charge on any atom is 0.255 e. The van der Waals surface area contributed by atoms with E-state index in [2.05, 4.69) is 31.3 Å². The minimum absolute atomic E-state index is 0.196. The molecule has 0 saturated carbocycles. The highest BCUT2D eigenvalue weighted by molar-refractivity contribution is 6.04. The first kappa shape index (κ1) is 15.9. The van der Waals surface area contributed by atoms with Gasteiger partial charge in [0.05, 0.1) is 0 Å². The van der Waals surface area contributed by atoms with Gasteiger partial charge in [-0.25, -0.2) is 0 Å². The predicted molar refractivity (Wildman–Crippen MR) is 92.2 cm³/mol. The van der Waals surface area contributed by atoms with Crippen molar-refractivity contribution in [3.8, 4) is 6.07 Å². The zero-order chi connectivity index (χ0) is 17.5. The van der Waals surface area contributed by atoms with Crippen LogP contribution >= 0.6 is 0 Å². The van der Waals surface area contributed by atoms with E-state index in [1.165, 1.54) is 6.20 Å². The number of rotatable bonds is 5. The molecule has 0 aliphatic carbocycles. The first-order valence-corrected chi connectivity index (χ1v) is 7.33. The number of benzene rings is 2. The lowest BCUT2D eigenvalue weighted by atomic mass is 10.2. The number of aromatic nitrogens is 4. The number of anilines is 2. The number of allylic oxidation sites excluding steroid dienone is 1. The Kier molecular flexibility index (Phi) is 4.78. The Bertz CT molecular complexity index is 927. The zero-order valence-electron chi connectivity index (χ0n) is 13.0. The van der Waals surface area contributed by atoms with Crippen LogP contribution in [0.2, 0.25) is 0 Å². The van der Waals surface area contributed by atoms with Crippen LogP contribution in [0.25, 0.3) is 5.57 Å². The van der Waals surface area contributed by atoms with Crippen molar-refractivity contribution in [2.45, 2.75) is 0 Å². The summed E-state index contributed by atoms with van der Waals surface area (Å²) >= 11 is 0. The summed E-state index contributed by atoms with van der Waals surface area (Å²) in [5.41, 5.74) is 2.13. The quantitative estimate of drug-likeness (QED) is 0.618. The smallest absolute Gasteiger partial charge is 0.255 e. The fourth-order valence-corrected chi connectivity index (χ4v) is 2.06. The van der Waals surface area contributed by atoms with E-state index >= 15 is 0 Å². The third kappa shape index (κ3) is 4.05. The standard InChI is InChI=1S/C17H13N7O/c18-10-13(16-21-23-24-22-16)11-19-14-7-4-8-15(9-14)20-17(25)12-5-2-1-3-6-12/h1-9,11,19H,(H,20,25)(H,21,22,23,24). The van der Waals surface area contributed by atoms with Crippen molar-refractivity contribution in [1.29, 1.82) is 5.26 Å². The first-order chi connectivity index (χ1) is 12.3. The van der Waals surface area contributed by atoms with Crippen LogP contribution in [0.3, 0.4) is 0 Å². The van der Waals surface area contributed by atoms with Crippen LogP contribution in [-0.2, 0) is 0 Å². The molecule has 25 heavy (non-hydrogen) atoms. The van der Waals surface area contributed by atoms with E-state index in [9.17, 15) is 4.79 Å². The number of amides is 1. The molecule has 3 N–H and O–H groups in total. The number of nitrogens with zero attached hydrogens (tertiary/aromatic N) is 4. The summed E-state index contributed by atoms with van der Waals surface area (Å²) in [6, 6.07) is 18.1. The van der Waals surface area contributed by atoms with Gasteiger partial charge < -0.3 is 10.6 Å². The van der Waals surface area contributed by atoms with Gasteiger partial charge in [0.1, 0.15) is 11.6 Å². The lowest BCUT2D eigenvalue weighted by Crippen LogP contribution is -2.11. The van der Waals surface area contributed by atoms with Gasteiger partial charge in [0, 0.05) is 23.1 Å². The van der Waals surface area contributed by atoms with Gasteiger partial charge in [-0.15, -0.1) is 10.2 Å². The van der Waals surface area contributed by atoms with Crippen molar-refractivity contribution < 1.29 is 4.79 Å². The number of nitriles is 1. The molecule has 0 atom stereocenters. The molecule has 8 heteroatoms. The molecule has 122 valence electrons. The fourth-order valence-electron chi connectivity index (χ4n) is 2.06. The number of H-pyrrole nitrogens is 1. The number of nitrogens with one attached hydrogen (secondary N) is 3. The Labute approximate surface area is 143 Å². The second kappa shape index (κ2) is 7.52. The lowest BCUT2D eigenvalue weighted by molar-refractivity contribution is 0.102. The minimum Gasteiger partial charge on any atom is -0.360 e. The summed E-state index contributed by atoms with van der Waals surface area (Å²) in [6.45, 7) is 0. The maximum absolute atomic E-state index is 12.2. The molecule has 3 rings (SSSR count). The molecule has 0 spiro atoms. The van der Waals surface area contributed by atoms with Crippen LogP contribution in [0.5, 0.6) is 0 Å². The molecule has 0 saturated heterocycles. The van der Waals surface area contributed by atoms with E-state index in [0.717, 1.165) is 0 Å². The average Bonchev–Trinajstić information content (AvgIpc) is 3.18. The molecule has 0 unspecified atom stereocenters. The predicted octanol–water partition coefficient (Wildman–Crippen LogP) is 2.43. The van der Waals surface area contributed by atoms with Crippen molar-refractivity contribution in [2.75, 3.05) is 10.6 Å². The van der Waals surface area contributed by atoms with Crippen LogP contribution < -0.4 is 10.6 Å². The van der Waals surface area contributed by atoms with Crippen LogP contribution in [0, 0.1) is 11.3 Å². The van der Waals surface area contributed by atoms with Crippen LogP contribution in [-0.4, -0.2) is 26.5 Å². The van der Waals surface area contributed by atoms with E-state index in [-0.39, 0.29) is 17.3 Å². The molecule has 0 radical (unpaired) electrons. The van der Waals surface area contributed by atoms with Gasteiger partial charge in [0.15, 0.2) is 0 Å². The van der Waals surface area contributed by atoms with Crippen LogP contribution in [0.15, 0.2) is 60.8 Å². The van der Waals surface area contributed by atoms with Gasteiger partial charge in [0.2, 0.25) is 5.82 Å². The number of aromatic amines is 1. The minimum atomic E-state index is -0.196. The molecule has 0 bridgehead atoms. The number of tetrazole rings is 1. The monoisotopic (exact) mass is 331 g/mol. The number of carbonyl (C=O) groups excluding carboxylic acids is 1. The van der Waals surface area contributed by atoms with E-state index in [1.807, 2.05) is 12.1 Å². The summed E-state index contributed by atoms with van der Waals surface area (Å²) in [7, 11) is 0. The maximum atomic E-state index is 12.2. The van der Waals surface area contributed by atoms with Crippen molar-refractivity contribution in [2.24, 2.45) is 0 Å². The lowest BCUT2D eigenvalue weighted by Gasteiger charge is -2.07. The molecule has 0 fully saturated rings. The summed E-state index contributed by atoms with van der Waals surface area (Å²) in [4.78, 5) is 12.2. The molecule has 8 nitrogen and oxygen atoms in total. The van der Waals surface area contributed by atoms with Crippen molar-refractivity contribution in [3.05, 3.63) is 72.2 Å². The van der Waals surface area contributed by atoms with E-state index in [4.69, 9.17) is 5.26 Å². The molecular weight excluding hydrogens is 318 g/mol. The van der Waals surface area contributed by atoms with Crippen molar-refractivity contribution in [3.63, 3.8) is 0 Å². The van der Waals surface area contributed by atoms with Gasteiger partial charge in [0.25, 0.3) is 5.91 Å². The molecule has 1 heterocycles. The second-order valence-corrected chi connectivity index (χ2v) is 4.95. The molecular formula is C17H13N7O. The molecule has 2 aromatic carbocycles. The number of carbonyl (C=O) groups is 1. The van der Waals surface area contributed by atoms with E-state index in [1.54, 1.807) is 48.5 Å². The summed E-state index contributed by atoms with van der Waals surface area (Å²) in [5.74, 6) is 0.00124. The van der Waals surface area contributed by atoms with Gasteiger partial charge in [-0.3, -0.25) is 4.79 Å². The molecule has 0 aliphatic rings. The van der Waals surface area contributed by atoms with Gasteiger partial charge in [-0.1, -0.05) is 24.3 Å². The molecule has 1 aromatic heterocycles. The average molecular weight is 331 g/mol. The fraction of sp³-hybridized carbons (Fsp3) is 0. The molecule has 3 aromatic rings. The second-order valence-electron chi connectivity index (χ2n) is 4.95. The van der Waals surface area contributed by atoms with Crippen molar-refractivity contribution >= 4 is 22.9 Å². The highest BCUT2D eigenvalue weighted by Crippen LogP contribution is 2.17. The van der Waals surface area contributed by atoms with E-state index < -0.39 is 0 Å². The normalized spacial score (nSPS) is 10.8. The largest absolute Gasteiger partial charge is 0.360 e. The Hall–Kier alpha value is -3.99. The Morgan fingerprint density at radius 3 is 2.64 bits per heavy atom. The van der Waals surface area contributed by atoms with Crippen LogP contribution in [0.4, 0.5) is 11.4 Å². The Balaban J connectivity index is 1.72. The molecule has 0 aliphatic heterocycles. The summed E-state index contributed by atoms with van der Waals surface area (Å²) < 4.78 is 0. The van der Waals surface area contributed by atoms with Gasteiger partial charge >= 0.3 is 0 Å². The third-order valence-electron chi connectivity index (χ3n) is 3.25. The number of hydrogen-bond donors (Lipinski definition) is 3. The number of hydrogen-bond acceptors (Lipinski definition) is 6. The summed E-state index contributed by atoms with van der Waals surface area (Å²) in [5, 5.41) is 28.2. The Morgan fingerprint density at radius 1 is 1.12 bits per heavy atom. The van der Waals surface area contributed by atoms with Gasteiger partial charge in [-0.05, 0) is 35.5 Å². The van der Waals surface area contributed by atoms with E-state index in [0.29, 0.717) is 16.9 Å². The Morgan fingerprint density at radius 2 is 1.92 bits per heavy atom.